The predicted octanol–water partition coefficient (Wildman–Crippen LogP) is 4.61. The number of nitrogens with one attached hydrogen (secondary N) is 1. The van der Waals surface area contributed by atoms with Crippen LogP contribution >= 0.6 is 0 Å². The molecule has 3 aromatic rings. The van der Waals surface area contributed by atoms with E-state index < -0.39 is 23.7 Å². The molecule has 0 saturated carbocycles. The average Bonchev–Trinajstić information content (AvgIpc) is 2.81. The predicted molar refractivity (Wildman–Crippen MR) is 124 cm³/mol. The van der Waals surface area contributed by atoms with E-state index in [9.17, 15) is 23.2 Å². The van der Waals surface area contributed by atoms with Gasteiger partial charge in [0.05, 0.1) is 12.3 Å². The number of halogens is 2. The van der Waals surface area contributed by atoms with Crippen LogP contribution < -0.4 is 19.7 Å². The van der Waals surface area contributed by atoms with Crippen LogP contribution in [0, 0.1) is 11.6 Å². The van der Waals surface area contributed by atoms with Gasteiger partial charge in [-0.15, -0.1) is 0 Å². The standard InChI is InChI=1S/C26H20F2N2O5/c1-2-34-23-13-16(9-10-22(23)35-15-17-5-3-6-18(27)11-17)12-21-24(31)29-26(33)30(25(21)32)20-8-4-7-19(28)14-20/h3-14H,2,15H2,1H3,(H,29,31,33)/b21-12+. The van der Waals surface area contributed by atoms with Gasteiger partial charge in [-0.05, 0) is 66.6 Å². The average molecular weight is 478 g/mol. The molecular formula is C26H20F2N2O5. The van der Waals surface area contributed by atoms with Crippen molar-refractivity contribution < 1.29 is 32.6 Å². The summed E-state index contributed by atoms with van der Waals surface area (Å²) < 4.78 is 38.5. The number of carbonyl (C=O) groups excluding carboxylic acids is 3. The van der Waals surface area contributed by atoms with E-state index in [2.05, 4.69) is 5.32 Å². The second kappa shape index (κ2) is 10.2. The maximum Gasteiger partial charge on any atom is 0.335 e. The second-order valence-electron chi connectivity index (χ2n) is 7.50. The van der Waals surface area contributed by atoms with Gasteiger partial charge in [0.25, 0.3) is 11.8 Å². The third-order valence-electron chi connectivity index (χ3n) is 5.03. The van der Waals surface area contributed by atoms with Gasteiger partial charge >= 0.3 is 6.03 Å². The van der Waals surface area contributed by atoms with Crippen molar-refractivity contribution in [2.45, 2.75) is 13.5 Å². The first kappa shape index (κ1) is 23.6. The van der Waals surface area contributed by atoms with Crippen LogP contribution in [0.3, 0.4) is 0 Å². The minimum Gasteiger partial charge on any atom is -0.490 e. The molecule has 1 N–H and O–H groups in total. The third kappa shape index (κ3) is 5.35. The van der Waals surface area contributed by atoms with Gasteiger partial charge in [0.15, 0.2) is 11.5 Å². The molecule has 35 heavy (non-hydrogen) atoms. The van der Waals surface area contributed by atoms with Gasteiger partial charge in [-0.3, -0.25) is 14.9 Å². The molecule has 0 aromatic heterocycles. The Morgan fingerprint density at radius 1 is 0.886 bits per heavy atom. The largest absolute Gasteiger partial charge is 0.490 e. The summed E-state index contributed by atoms with van der Waals surface area (Å²) in [5.74, 6) is -2.06. The number of hydrogen-bond donors (Lipinski definition) is 1. The van der Waals surface area contributed by atoms with E-state index in [1.807, 2.05) is 0 Å². The van der Waals surface area contributed by atoms with Crippen molar-refractivity contribution in [3.63, 3.8) is 0 Å². The molecule has 4 rings (SSSR count). The maximum atomic E-state index is 13.6. The summed E-state index contributed by atoms with van der Waals surface area (Å²) in [4.78, 5) is 38.4. The van der Waals surface area contributed by atoms with Crippen LogP contribution in [0.5, 0.6) is 11.5 Å². The Morgan fingerprint density at radius 3 is 2.34 bits per heavy atom. The Balaban J connectivity index is 1.61. The smallest absolute Gasteiger partial charge is 0.335 e. The van der Waals surface area contributed by atoms with E-state index in [1.54, 1.807) is 37.3 Å². The van der Waals surface area contributed by atoms with Gasteiger partial charge in [-0.2, -0.15) is 0 Å². The van der Waals surface area contributed by atoms with Gasteiger partial charge in [0.2, 0.25) is 0 Å². The first-order valence-corrected chi connectivity index (χ1v) is 10.7. The summed E-state index contributed by atoms with van der Waals surface area (Å²) >= 11 is 0. The molecule has 1 heterocycles. The lowest BCUT2D eigenvalue weighted by Crippen LogP contribution is -2.54. The SMILES string of the molecule is CCOc1cc(/C=C2\C(=O)NC(=O)N(c3cccc(F)c3)C2=O)ccc1OCc1cccc(F)c1. The fraction of sp³-hybridized carbons (Fsp3) is 0.115. The summed E-state index contributed by atoms with van der Waals surface area (Å²) in [6.07, 6.45) is 1.30. The summed E-state index contributed by atoms with van der Waals surface area (Å²) in [7, 11) is 0. The number of urea groups is 1. The van der Waals surface area contributed by atoms with Crippen molar-refractivity contribution >= 4 is 29.6 Å². The molecule has 178 valence electrons. The molecule has 0 unspecified atom stereocenters. The Labute approximate surface area is 199 Å². The summed E-state index contributed by atoms with van der Waals surface area (Å²) in [6.45, 7) is 2.20. The number of carbonyl (C=O) groups is 3. The van der Waals surface area contributed by atoms with E-state index in [1.165, 1.54) is 36.4 Å². The quantitative estimate of drug-likeness (QED) is 0.396. The second-order valence-corrected chi connectivity index (χ2v) is 7.50. The van der Waals surface area contributed by atoms with Crippen LogP contribution in [0.15, 0.2) is 72.3 Å². The molecule has 1 aliphatic rings. The van der Waals surface area contributed by atoms with Crippen molar-refractivity contribution in [3.05, 3.63) is 95.1 Å². The molecule has 3 aromatic carbocycles. The van der Waals surface area contributed by atoms with Gasteiger partial charge in [0.1, 0.15) is 23.8 Å². The highest BCUT2D eigenvalue weighted by molar-refractivity contribution is 6.39. The maximum absolute atomic E-state index is 13.6. The topological polar surface area (TPSA) is 84.9 Å². The molecule has 0 bridgehead atoms. The first-order chi connectivity index (χ1) is 16.9. The highest BCUT2D eigenvalue weighted by Gasteiger charge is 2.37. The summed E-state index contributed by atoms with van der Waals surface area (Å²) in [5.41, 5.74) is 0.732. The number of benzene rings is 3. The number of ether oxygens (including phenoxy) is 2. The molecule has 0 atom stereocenters. The van der Waals surface area contributed by atoms with Gasteiger partial charge in [-0.1, -0.05) is 24.3 Å². The zero-order valence-electron chi connectivity index (χ0n) is 18.6. The molecule has 4 amide bonds. The Kier molecular flexibility index (Phi) is 6.86. The lowest BCUT2D eigenvalue weighted by atomic mass is 10.1. The van der Waals surface area contributed by atoms with Crippen LogP contribution in [-0.4, -0.2) is 24.5 Å². The fourth-order valence-electron chi connectivity index (χ4n) is 3.46. The van der Waals surface area contributed by atoms with Crippen molar-refractivity contribution in [2.75, 3.05) is 11.5 Å². The number of amides is 4. The zero-order chi connectivity index (χ0) is 24.9. The van der Waals surface area contributed by atoms with Crippen molar-refractivity contribution in [1.29, 1.82) is 0 Å². The molecule has 7 nitrogen and oxygen atoms in total. The molecule has 1 saturated heterocycles. The van der Waals surface area contributed by atoms with Crippen LogP contribution in [0.25, 0.3) is 6.08 Å². The van der Waals surface area contributed by atoms with Crippen molar-refractivity contribution in [3.8, 4) is 11.5 Å². The zero-order valence-corrected chi connectivity index (χ0v) is 18.6. The minimum atomic E-state index is -0.973. The third-order valence-corrected chi connectivity index (χ3v) is 5.03. The minimum absolute atomic E-state index is 0.0120. The van der Waals surface area contributed by atoms with Crippen molar-refractivity contribution in [1.82, 2.24) is 5.32 Å². The van der Waals surface area contributed by atoms with E-state index in [4.69, 9.17) is 9.47 Å². The highest BCUT2D eigenvalue weighted by atomic mass is 19.1. The van der Waals surface area contributed by atoms with E-state index in [-0.39, 0.29) is 23.7 Å². The van der Waals surface area contributed by atoms with Crippen molar-refractivity contribution in [2.24, 2.45) is 0 Å². The molecule has 0 radical (unpaired) electrons. The normalized spacial score (nSPS) is 14.8. The monoisotopic (exact) mass is 478 g/mol. The van der Waals surface area contributed by atoms with Gasteiger partial charge in [-0.25, -0.2) is 18.5 Å². The Hall–Kier alpha value is -4.53. The van der Waals surface area contributed by atoms with E-state index in [0.717, 1.165) is 6.07 Å². The van der Waals surface area contributed by atoms with E-state index in [0.29, 0.717) is 34.1 Å². The summed E-state index contributed by atoms with van der Waals surface area (Å²) in [6, 6.07) is 14.7. The number of anilines is 1. The van der Waals surface area contributed by atoms with Gasteiger partial charge in [0, 0.05) is 0 Å². The number of rotatable bonds is 7. The lowest BCUT2D eigenvalue weighted by molar-refractivity contribution is -0.122. The molecular weight excluding hydrogens is 458 g/mol. The number of nitrogens with zero attached hydrogens (tertiary/aromatic N) is 1. The molecule has 0 spiro atoms. The molecule has 1 aliphatic heterocycles. The van der Waals surface area contributed by atoms with Crippen LogP contribution in [-0.2, 0) is 16.2 Å². The highest BCUT2D eigenvalue weighted by Crippen LogP contribution is 2.31. The Morgan fingerprint density at radius 2 is 1.63 bits per heavy atom. The molecule has 0 aliphatic carbocycles. The van der Waals surface area contributed by atoms with Crippen LogP contribution in [0.1, 0.15) is 18.1 Å². The van der Waals surface area contributed by atoms with Crippen LogP contribution in [0.4, 0.5) is 19.3 Å². The molecule has 9 heteroatoms. The van der Waals surface area contributed by atoms with Crippen LogP contribution in [0.2, 0.25) is 0 Å². The summed E-state index contributed by atoms with van der Waals surface area (Å²) in [5, 5.41) is 2.09. The number of barbiturate groups is 1. The molecule has 1 fully saturated rings. The number of hydrogen-bond acceptors (Lipinski definition) is 5. The lowest BCUT2D eigenvalue weighted by Gasteiger charge is -2.26. The number of imide groups is 2. The Bertz CT molecular complexity index is 1340. The fourth-order valence-corrected chi connectivity index (χ4v) is 3.46. The van der Waals surface area contributed by atoms with E-state index >= 15 is 0 Å². The van der Waals surface area contributed by atoms with Gasteiger partial charge < -0.3 is 9.47 Å². The first-order valence-electron chi connectivity index (χ1n) is 10.7.